The van der Waals surface area contributed by atoms with Crippen molar-refractivity contribution in [3.8, 4) is 12.1 Å². The molecule has 2 aromatic rings. The number of nitriles is 2. The van der Waals surface area contributed by atoms with Gasteiger partial charge in [-0.3, -0.25) is 4.79 Å². The van der Waals surface area contributed by atoms with Gasteiger partial charge in [-0.2, -0.15) is 10.5 Å². The van der Waals surface area contributed by atoms with Gasteiger partial charge < -0.3 is 5.32 Å². The Bertz CT molecular complexity index is 733. The summed E-state index contributed by atoms with van der Waals surface area (Å²) in [5, 5.41) is 22.3. The first-order chi connectivity index (χ1) is 9.72. The maximum atomic E-state index is 11.7. The lowest BCUT2D eigenvalue weighted by atomic mass is 10.1. The largest absolute Gasteiger partial charge is 0.322 e. The third kappa shape index (κ3) is 3.32. The fraction of sp³-hybridized carbons (Fsp3) is 0. The normalized spacial score (nSPS) is 9.90. The molecule has 1 aromatic carbocycles. The number of benzene rings is 1. The van der Waals surface area contributed by atoms with Crippen molar-refractivity contribution in [2.24, 2.45) is 0 Å². The summed E-state index contributed by atoms with van der Waals surface area (Å²) in [7, 11) is 0. The van der Waals surface area contributed by atoms with Gasteiger partial charge in [0.2, 0.25) is 5.91 Å². The Balaban J connectivity index is 2.09. The summed E-state index contributed by atoms with van der Waals surface area (Å²) in [6.45, 7) is 0. The van der Waals surface area contributed by atoms with Crippen molar-refractivity contribution in [2.45, 2.75) is 0 Å². The van der Waals surface area contributed by atoms with E-state index in [2.05, 4.69) is 5.32 Å². The molecule has 0 aliphatic heterocycles. The predicted molar refractivity (Wildman–Crippen MR) is 77.9 cm³/mol. The number of anilines is 1. The van der Waals surface area contributed by atoms with E-state index in [9.17, 15) is 4.79 Å². The van der Waals surface area contributed by atoms with E-state index in [1.807, 2.05) is 29.7 Å². The number of carbonyl (C=O) groups excluding carboxylic acids is 1. The summed E-state index contributed by atoms with van der Waals surface area (Å²) in [5.41, 5.74) is 1.02. The van der Waals surface area contributed by atoms with Crippen LogP contribution in [0.5, 0.6) is 0 Å². The number of nitrogens with zero attached hydrogens (tertiary/aromatic N) is 2. The lowest BCUT2D eigenvalue weighted by Crippen LogP contribution is -2.07. The van der Waals surface area contributed by atoms with E-state index in [1.54, 1.807) is 12.1 Å². The monoisotopic (exact) mass is 279 g/mol. The zero-order chi connectivity index (χ0) is 14.4. The average molecular weight is 279 g/mol. The lowest BCUT2D eigenvalue weighted by Gasteiger charge is -2.03. The quantitative estimate of drug-likeness (QED) is 0.877. The summed E-state index contributed by atoms with van der Waals surface area (Å²) in [6, 6.07) is 12.2. The number of amides is 1. The zero-order valence-electron chi connectivity index (χ0n) is 10.3. The molecule has 0 radical (unpaired) electrons. The van der Waals surface area contributed by atoms with Crippen molar-refractivity contribution in [1.29, 1.82) is 10.5 Å². The highest BCUT2D eigenvalue weighted by molar-refractivity contribution is 7.10. The van der Waals surface area contributed by atoms with Crippen LogP contribution in [0, 0.1) is 22.7 Å². The molecule has 20 heavy (non-hydrogen) atoms. The molecule has 1 amide bonds. The van der Waals surface area contributed by atoms with Crippen LogP contribution >= 0.6 is 11.3 Å². The molecule has 96 valence electrons. The van der Waals surface area contributed by atoms with Gasteiger partial charge in [0.15, 0.2) is 0 Å². The van der Waals surface area contributed by atoms with Crippen molar-refractivity contribution in [2.75, 3.05) is 5.32 Å². The second kappa shape index (κ2) is 6.33. The number of rotatable bonds is 3. The predicted octanol–water partition coefficient (Wildman–Crippen LogP) is 3.14. The SMILES string of the molecule is N#Cc1ccc(NC(=O)/C=C\c2cccs2)cc1C#N. The maximum absolute atomic E-state index is 11.7. The second-order valence-corrected chi connectivity index (χ2v) is 4.80. The van der Waals surface area contributed by atoms with Gasteiger partial charge in [-0.15, -0.1) is 11.3 Å². The highest BCUT2D eigenvalue weighted by Gasteiger charge is 2.04. The fourth-order valence-electron chi connectivity index (χ4n) is 1.54. The first kappa shape index (κ1) is 13.5. The highest BCUT2D eigenvalue weighted by Crippen LogP contribution is 2.15. The molecule has 1 heterocycles. The summed E-state index contributed by atoms with van der Waals surface area (Å²) < 4.78 is 0. The van der Waals surface area contributed by atoms with Gasteiger partial charge in [-0.1, -0.05) is 6.07 Å². The molecule has 0 atom stereocenters. The molecular formula is C15H9N3OS. The van der Waals surface area contributed by atoms with Crippen LogP contribution in [-0.4, -0.2) is 5.91 Å². The average Bonchev–Trinajstić information content (AvgIpc) is 2.98. The summed E-state index contributed by atoms with van der Waals surface area (Å²) in [4.78, 5) is 12.7. The Morgan fingerprint density at radius 2 is 2.00 bits per heavy atom. The van der Waals surface area contributed by atoms with E-state index in [-0.39, 0.29) is 11.5 Å². The molecule has 5 heteroatoms. The third-order valence-corrected chi connectivity index (χ3v) is 3.31. The van der Waals surface area contributed by atoms with Crippen molar-refractivity contribution in [1.82, 2.24) is 0 Å². The second-order valence-electron chi connectivity index (χ2n) is 3.82. The van der Waals surface area contributed by atoms with Crippen molar-refractivity contribution >= 4 is 29.0 Å². The van der Waals surface area contributed by atoms with Gasteiger partial charge in [0.1, 0.15) is 12.1 Å². The van der Waals surface area contributed by atoms with Crippen LogP contribution in [0.2, 0.25) is 0 Å². The standard InChI is InChI=1S/C15H9N3OS/c16-9-11-3-4-13(8-12(11)10-17)18-15(19)6-5-14-2-1-7-20-14/h1-8H,(H,18,19)/b6-5-. The Morgan fingerprint density at radius 1 is 1.20 bits per heavy atom. The minimum atomic E-state index is -0.285. The molecule has 2 rings (SSSR count). The number of nitrogens with one attached hydrogen (secondary N) is 1. The molecule has 0 spiro atoms. The topological polar surface area (TPSA) is 76.7 Å². The summed E-state index contributed by atoms with van der Waals surface area (Å²) in [6.07, 6.45) is 3.14. The van der Waals surface area contributed by atoms with Gasteiger partial charge in [0.25, 0.3) is 0 Å². The van der Waals surface area contributed by atoms with Gasteiger partial charge in [-0.05, 0) is 35.7 Å². The number of thiophene rings is 1. The molecule has 1 N–H and O–H groups in total. The van der Waals surface area contributed by atoms with Crippen LogP contribution < -0.4 is 5.32 Å². The van der Waals surface area contributed by atoms with Gasteiger partial charge in [0, 0.05) is 16.6 Å². The zero-order valence-corrected chi connectivity index (χ0v) is 11.1. The molecular weight excluding hydrogens is 270 g/mol. The van der Waals surface area contributed by atoms with Crippen molar-refractivity contribution < 1.29 is 4.79 Å². The van der Waals surface area contributed by atoms with Gasteiger partial charge in [-0.25, -0.2) is 0 Å². The summed E-state index contributed by atoms with van der Waals surface area (Å²) in [5.74, 6) is -0.285. The van der Waals surface area contributed by atoms with Gasteiger partial charge in [0.05, 0.1) is 11.1 Å². The minimum absolute atomic E-state index is 0.243. The minimum Gasteiger partial charge on any atom is -0.322 e. The van der Waals surface area contributed by atoms with Crippen molar-refractivity contribution in [3.05, 3.63) is 57.8 Å². The van der Waals surface area contributed by atoms with E-state index in [0.29, 0.717) is 11.3 Å². The van der Waals surface area contributed by atoms with E-state index in [0.717, 1.165) is 4.88 Å². The number of hydrogen-bond acceptors (Lipinski definition) is 4. The van der Waals surface area contributed by atoms with Crippen LogP contribution in [0.3, 0.4) is 0 Å². The van der Waals surface area contributed by atoms with Gasteiger partial charge >= 0.3 is 0 Å². The van der Waals surface area contributed by atoms with Crippen molar-refractivity contribution in [3.63, 3.8) is 0 Å². The highest BCUT2D eigenvalue weighted by atomic mass is 32.1. The molecule has 4 nitrogen and oxygen atoms in total. The van der Waals surface area contributed by atoms with Crippen LogP contribution in [0.1, 0.15) is 16.0 Å². The van der Waals surface area contributed by atoms with E-state index < -0.39 is 0 Å². The molecule has 0 aliphatic carbocycles. The van der Waals surface area contributed by atoms with E-state index in [1.165, 1.54) is 29.5 Å². The molecule has 0 saturated carbocycles. The Morgan fingerprint density at radius 3 is 2.65 bits per heavy atom. The van der Waals surface area contributed by atoms with Crippen LogP contribution in [-0.2, 0) is 4.79 Å². The van der Waals surface area contributed by atoms with E-state index >= 15 is 0 Å². The number of carbonyl (C=O) groups is 1. The maximum Gasteiger partial charge on any atom is 0.248 e. The number of hydrogen-bond donors (Lipinski definition) is 1. The van der Waals surface area contributed by atoms with Crippen LogP contribution in [0.25, 0.3) is 6.08 Å². The Hall–Kier alpha value is -2.89. The smallest absolute Gasteiger partial charge is 0.248 e. The lowest BCUT2D eigenvalue weighted by molar-refractivity contribution is -0.111. The molecule has 0 bridgehead atoms. The molecule has 0 fully saturated rings. The third-order valence-electron chi connectivity index (χ3n) is 2.47. The Kier molecular flexibility index (Phi) is 4.28. The van der Waals surface area contributed by atoms with Crippen LogP contribution in [0.15, 0.2) is 41.8 Å². The summed E-state index contributed by atoms with van der Waals surface area (Å²) >= 11 is 1.54. The molecule has 0 aliphatic rings. The molecule has 0 saturated heterocycles. The fourth-order valence-corrected chi connectivity index (χ4v) is 2.16. The molecule has 0 unspecified atom stereocenters. The first-order valence-corrected chi connectivity index (χ1v) is 6.57. The van der Waals surface area contributed by atoms with Crippen LogP contribution in [0.4, 0.5) is 5.69 Å². The molecule has 1 aromatic heterocycles. The Labute approximate surface area is 120 Å². The first-order valence-electron chi connectivity index (χ1n) is 5.70. The van der Waals surface area contributed by atoms with E-state index in [4.69, 9.17) is 10.5 Å².